The SMILES string of the molecule is CNC(C)c1cncc(OC(C)C)c1. The van der Waals surface area contributed by atoms with Gasteiger partial charge in [0.05, 0.1) is 12.3 Å². The van der Waals surface area contributed by atoms with Gasteiger partial charge in [-0.25, -0.2) is 0 Å². The van der Waals surface area contributed by atoms with E-state index in [0.717, 1.165) is 11.3 Å². The molecule has 0 bridgehead atoms. The maximum absolute atomic E-state index is 5.56. The second-order valence-corrected chi connectivity index (χ2v) is 3.63. The molecule has 1 unspecified atom stereocenters. The van der Waals surface area contributed by atoms with E-state index in [1.54, 1.807) is 6.20 Å². The quantitative estimate of drug-likeness (QED) is 0.797. The van der Waals surface area contributed by atoms with Crippen LogP contribution in [0.1, 0.15) is 32.4 Å². The van der Waals surface area contributed by atoms with Gasteiger partial charge in [-0.2, -0.15) is 0 Å². The van der Waals surface area contributed by atoms with Crippen molar-refractivity contribution >= 4 is 0 Å². The first-order valence-corrected chi connectivity index (χ1v) is 4.92. The Morgan fingerprint density at radius 2 is 2.00 bits per heavy atom. The fourth-order valence-electron chi connectivity index (χ4n) is 1.18. The van der Waals surface area contributed by atoms with Crippen LogP contribution in [0.3, 0.4) is 0 Å². The van der Waals surface area contributed by atoms with Gasteiger partial charge in [0.1, 0.15) is 5.75 Å². The van der Waals surface area contributed by atoms with Gasteiger partial charge < -0.3 is 10.1 Å². The highest BCUT2D eigenvalue weighted by molar-refractivity contribution is 5.25. The van der Waals surface area contributed by atoms with Crippen LogP contribution in [0.4, 0.5) is 0 Å². The summed E-state index contributed by atoms with van der Waals surface area (Å²) >= 11 is 0. The molecule has 0 saturated carbocycles. The van der Waals surface area contributed by atoms with Gasteiger partial charge in [-0.05, 0) is 39.4 Å². The fourth-order valence-corrected chi connectivity index (χ4v) is 1.18. The Balaban J connectivity index is 2.78. The predicted octanol–water partition coefficient (Wildman–Crippen LogP) is 2.15. The molecule has 1 aromatic heterocycles. The molecule has 78 valence electrons. The van der Waals surface area contributed by atoms with Crippen LogP contribution in [0.2, 0.25) is 0 Å². The number of hydrogen-bond acceptors (Lipinski definition) is 3. The number of rotatable bonds is 4. The molecule has 3 heteroatoms. The Morgan fingerprint density at radius 1 is 1.29 bits per heavy atom. The number of nitrogens with zero attached hydrogens (tertiary/aromatic N) is 1. The molecule has 1 rings (SSSR count). The third-order valence-corrected chi connectivity index (χ3v) is 2.04. The van der Waals surface area contributed by atoms with E-state index in [4.69, 9.17) is 4.74 Å². The van der Waals surface area contributed by atoms with Gasteiger partial charge in [0.2, 0.25) is 0 Å². The van der Waals surface area contributed by atoms with E-state index < -0.39 is 0 Å². The minimum atomic E-state index is 0.192. The summed E-state index contributed by atoms with van der Waals surface area (Å²) in [5, 5.41) is 3.17. The number of hydrogen-bond donors (Lipinski definition) is 1. The monoisotopic (exact) mass is 194 g/mol. The number of ether oxygens (including phenoxy) is 1. The number of nitrogens with one attached hydrogen (secondary N) is 1. The summed E-state index contributed by atoms with van der Waals surface area (Å²) in [7, 11) is 1.93. The Morgan fingerprint density at radius 3 is 2.57 bits per heavy atom. The summed E-state index contributed by atoms with van der Waals surface area (Å²) in [6.45, 7) is 6.11. The van der Waals surface area contributed by atoms with Crippen molar-refractivity contribution in [1.82, 2.24) is 10.3 Å². The highest BCUT2D eigenvalue weighted by atomic mass is 16.5. The third kappa shape index (κ3) is 3.00. The van der Waals surface area contributed by atoms with E-state index in [1.165, 1.54) is 0 Å². The van der Waals surface area contributed by atoms with E-state index in [2.05, 4.69) is 17.2 Å². The van der Waals surface area contributed by atoms with Crippen LogP contribution in [-0.2, 0) is 0 Å². The molecule has 0 aliphatic carbocycles. The molecule has 0 aliphatic rings. The van der Waals surface area contributed by atoms with Gasteiger partial charge in [-0.1, -0.05) is 0 Å². The molecule has 1 aromatic rings. The number of aromatic nitrogens is 1. The van der Waals surface area contributed by atoms with E-state index >= 15 is 0 Å². The molecule has 0 radical (unpaired) electrons. The van der Waals surface area contributed by atoms with Crippen LogP contribution < -0.4 is 10.1 Å². The van der Waals surface area contributed by atoms with Crippen LogP contribution >= 0.6 is 0 Å². The molecule has 0 aliphatic heterocycles. The van der Waals surface area contributed by atoms with E-state index in [-0.39, 0.29) is 6.10 Å². The lowest BCUT2D eigenvalue weighted by molar-refractivity contribution is 0.241. The Hall–Kier alpha value is -1.09. The van der Waals surface area contributed by atoms with Crippen LogP contribution in [0.15, 0.2) is 18.5 Å². The average Bonchev–Trinajstić information content (AvgIpc) is 2.16. The minimum absolute atomic E-state index is 0.192. The average molecular weight is 194 g/mol. The molecular formula is C11H18N2O. The lowest BCUT2D eigenvalue weighted by atomic mass is 10.1. The zero-order chi connectivity index (χ0) is 10.6. The van der Waals surface area contributed by atoms with Crippen molar-refractivity contribution in [3.05, 3.63) is 24.0 Å². The molecule has 0 fully saturated rings. The Labute approximate surface area is 85.5 Å². The summed E-state index contributed by atoms with van der Waals surface area (Å²) < 4.78 is 5.56. The summed E-state index contributed by atoms with van der Waals surface area (Å²) in [6, 6.07) is 2.33. The van der Waals surface area contributed by atoms with Gasteiger partial charge in [0.25, 0.3) is 0 Å². The van der Waals surface area contributed by atoms with E-state index in [0.29, 0.717) is 6.04 Å². The Bertz CT molecular complexity index is 286. The maximum atomic E-state index is 5.56. The van der Waals surface area contributed by atoms with Crippen molar-refractivity contribution in [2.45, 2.75) is 32.9 Å². The van der Waals surface area contributed by atoms with Gasteiger partial charge in [0, 0.05) is 12.2 Å². The smallest absolute Gasteiger partial charge is 0.138 e. The highest BCUT2D eigenvalue weighted by Crippen LogP contribution is 2.17. The predicted molar refractivity (Wildman–Crippen MR) is 57.5 cm³/mol. The summed E-state index contributed by atoms with van der Waals surface area (Å²) in [5.41, 5.74) is 1.14. The first kappa shape index (κ1) is 11.0. The molecular weight excluding hydrogens is 176 g/mol. The summed E-state index contributed by atoms with van der Waals surface area (Å²) in [5.74, 6) is 0.833. The number of pyridine rings is 1. The van der Waals surface area contributed by atoms with E-state index in [1.807, 2.05) is 33.2 Å². The van der Waals surface area contributed by atoms with Gasteiger partial charge >= 0.3 is 0 Å². The van der Waals surface area contributed by atoms with Crippen LogP contribution in [-0.4, -0.2) is 18.1 Å². The minimum Gasteiger partial charge on any atom is -0.489 e. The zero-order valence-corrected chi connectivity index (χ0v) is 9.24. The normalized spacial score (nSPS) is 12.9. The van der Waals surface area contributed by atoms with E-state index in [9.17, 15) is 0 Å². The van der Waals surface area contributed by atoms with Crippen molar-refractivity contribution in [1.29, 1.82) is 0 Å². The van der Waals surface area contributed by atoms with Crippen LogP contribution in [0, 0.1) is 0 Å². The first-order chi connectivity index (χ1) is 6.63. The fraction of sp³-hybridized carbons (Fsp3) is 0.545. The molecule has 14 heavy (non-hydrogen) atoms. The van der Waals surface area contributed by atoms with Gasteiger partial charge in [-0.3, -0.25) is 4.98 Å². The second-order valence-electron chi connectivity index (χ2n) is 3.63. The van der Waals surface area contributed by atoms with Crippen molar-refractivity contribution in [3.8, 4) is 5.75 Å². The summed E-state index contributed by atoms with van der Waals surface area (Å²) in [6.07, 6.45) is 3.79. The lowest BCUT2D eigenvalue weighted by Gasteiger charge is -2.13. The molecule has 0 aromatic carbocycles. The Kier molecular flexibility index (Phi) is 3.89. The van der Waals surface area contributed by atoms with Crippen LogP contribution in [0.25, 0.3) is 0 Å². The molecule has 0 saturated heterocycles. The highest BCUT2D eigenvalue weighted by Gasteiger charge is 2.05. The van der Waals surface area contributed by atoms with Gasteiger partial charge in [0.15, 0.2) is 0 Å². The van der Waals surface area contributed by atoms with Crippen molar-refractivity contribution in [2.24, 2.45) is 0 Å². The van der Waals surface area contributed by atoms with Crippen LogP contribution in [0.5, 0.6) is 5.75 Å². The first-order valence-electron chi connectivity index (χ1n) is 4.92. The van der Waals surface area contributed by atoms with Crippen molar-refractivity contribution in [2.75, 3.05) is 7.05 Å². The topological polar surface area (TPSA) is 34.2 Å². The van der Waals surface area contributed by atoms with Crippen molar-refractivity contribution in [3.63, 3.8) is 0 Å². The third-order valence-electron chi connectivity index (χ3n) is 2.04. The maximum Gasteiger partial charge on any atom is 0.138 e. The molecule has 0 amide bonds. The molecule has 3 nitrogen and oxygen atoms in total. The standard InChI is InChI=1S/C11H18N2O/c1-8(2)14-11-5-10(6-13-7-11)9(3)12-4/h5-9,12H,1-4H3. The lowest BCUT2D eigenvalue weighted by Crippen LogP contribution is -2.13. The molecule has 1 N–H and O–H groups in total. The van der Waals surface area contributed by atoms with Gasteiger partial charge in [-0.15, -0.1) is 0 Å². The zero-order valence-electron chi connectivity index (χ0n) is 9.24. The molecule has 0 spiro atoms. The van der Waals surface area contributed by atoms with Crippen molar-refractivity contribution < 1.29 is 4.74 Å². The summed E-state index contributed by atoms with van der Waals surface area (Å²) in [4.78, 5) is 4.14. The largest absolute Gasteiger partial charge is 0.489 e. The molecule has 1 heterocycles. The second kappa shape index (κ2) is 4.96. The molecule has 1 atom stereocenters.